The summed E-state index contributed by atoms with van der Waals surface area (Å²) in [6.07, 6.45) is 2.95. The highest BCUT2D eigenvalue weighted by Crippen LogP contribution is 2.46. The van der Waals surface area contributed by atoms with Crippen molar-refractivity contribution >= 4 is 75.2 Å². The molecule has 0 radical (unpaired) electrons. The molecule has 20 heteroatoms. The third kappa shape index (κ3) is 6.61. The summed E-state index contributed by atoms with van der Waals surface area (Å²) < 4.78 is 0.538. The van der Waals surface area contributed by atoms with Crippen molar-refractivity contribution < 1.29 is 53.7 Å². The zero-order valence-electron chi connectivity index (χ0n) is 28.2. The maximum atomic E-state index is 13.5. The van der Waals surface area contributed by atoms with Crippen LogP contribution in [0.1, 0.15) is 55.6 Å². The van der Waals surface area contributed by atoms with Gasteiger partial charge in [-0.3, -0.25) is 19.3 Å². The Labute approximate surface area is 310 Å². The number of carboxylic acids is 2. The van der Waals surface area contributed by atoms with E-state index in [1.165, 1.54) is 48.0 Å². The topological polar surface area (TPSA) is 254 Å². The van der Waals surface area contributed by atoms with Gasteiger partial charge < -0.3 is 46.1 Å². The summed E-state index contributed by atoms with van der Waals surface area (Å²) in [7, 11) is 2.07. The van der Waals surface area contributed by atoms with Gasteiger partial charge >= 0.3 is 11.9 Å². The first-order valence-electron chi connectivity index (χ1n) is 16.2. The molecule has 2 bridgehead atoms. The van der Waals surface area contributed by atoms with Crippen molar-refractivity contribution in [1.29, 1.82) is 0 Å². The standard InChI is InChI=1S/C32H36ClN7O10S2/c1-32(2,30(48)49)50-38-21(18-12-52-31(34)36-18)26(44)37-22-27(45)39-23(29(46)47)13(11-51-28(22)39)10-40(3)15-4-5-16(40)9-14(8-15)35-25(43)17-6-7-19(41)24(42)20(17)33/h6-7,12,14-16,22,28H,4-5,8-11H2,1-3H3,(H7-,34,35,36,37,38,41,42,43,44,46,47,48,49)/p+1/t14?,15-,16-,22-,28-,40?/m1/s1. The number of aromatic hydroxyl groups is 2. The average molecular weight is 779 g/mol. The van der Waals surface area contributed by atoms with Crippen LogP contribution in [0.25, 0.3) is 0 Å². The van der Waals surface area contributed by atoms with Gasteiger partial charge in [-0.2, -0.15) is 0 Å². The minimum Gasteiger partial charge on any atom is -0.504 e. The Morgan fingerprint density at radius 2 is 1.83 bits per heavy atom. The van der Waals surface area contributed by atoms with Crippen LogP contribution in [0.15, 0.2) is 33.9 Å². The van der Waals surface area contributed by atoms with Crippen LogP contribution in [0.2, 0.25) is 5.02 Å². The molecule has 3 fully saturated rings. The van der Waals surface area contributed by atoms with Crippen LogP contribution in [-0.2, 0) is 24.0 Å². The number of benzene rings is 1. The Bertz CT molecular complexity index is 1920. The van der Waals surface area contributed by atoms with Crippen molar-refractivity contribution in [3.05, 3.63) is 45.1 Å². The molecule has 5 heterocycles. The Morgan fingerprint density at radius 3 is 2.42 bits per heavy atom. The third-order valence-electron chi connectivity index (χ3n) is 10.2. The first kappa shape index (κ1) is 37.2. The summed E-state index contributed by atoms with van der Waals surface area (Å²) in [6, 6.07) is 1.40. The molecule has 4 aliphatic rings. The number of nitrogens with one attached hydrogen (secondary N) is 2. The van der Waals surface area contributed by atoms with Gasteiger partial charge in [0.05, 0.1) is 29.7 Å². The number of nitrogens with two attached hydrogens (primary N) is 1. The van der Waals surface area contributed by atoms with Gasteiger partial charge in [0.1, 0.15) is 29.4 Å². The van der Waals surface area contributed by atoms with E-state index in [-0.39, 0.29) is 51.0 Å². The number of β-lactam (4-membered cyclic amide) rings is 1. The third-order valence-corrected chi connectivity index (χ3v) is 12.6. The lowest BCUT2D eigenvalue weighted by Crippen LogP contribution is -2.71. The molecule has 4 aliphatic heterocycles. The highest BCUT2D eigenvalue weighted by atomic mass is 35.5. The van der Waals surface area contributed by atoms with E-state index in [1.54, 1.807) is 0 Å². The number of carbonyl (C=O) groups excluding carboxylic acids is 3. The van der Waals surface area contributed by atoms with E-state index in [1.807, 2.05) is 0 Å². The first-order chi connectivity index (χ1) is 24.4. The van der Waals surface area contributed by atoms with E-state index < -0.39 is 63.9 Å². The molecule has 0 aliphatic carbocycles. The molecule has 1 aromatic carbocycles. The molecule has 3 saturated heterocycles. The number of aromatic nitrogens is 1. The normalized spacial score (nSPS) is 27.1. The van der Waals surface area contributed by atoms with Gasteiger partial charge in [0, 0.05) is 48.4 Å². The number of piperidine rings is 1. The molecular formula is C32H37ClN7O10S2+. The second kappa shape index (κ2) is 13.8. The summed E-state index contributed by atoms with van der Waals surface area (Å²) in [6.45, 7) is 2.85. The Hall–Kier alpha value is -4.59. The fraction of sp³-hybridized carbons (Fsp3) is 0.469. The number of carboxylic acid groups (broad SMARTS) is 2. The molecule has 52 heavy (non-hydrogen) atoms. The number of halogens is 1. The molecule has 0 saturated carbocycles. The lowest BCUT2D eigenvalue weighted by molar-refractivity contribution is -0.944. The van der Waals surface area contributed by atoms with E-state index in [2.05, 4.69) is 27.8 Å². The van der Waals surface area contributed by atoms with Crippen LogP contribution in [-0.4, -0.2) is 125 Å². The summed E-state index contributed by atoms with van der Waals surface area (Å²) in [5, 5.41) is 49.4. The van der Waals surface area contributed by atoms with Crippen molar-refractivity contribution in [2.24, 2.45) is 5.16 Å². The number of quaternary nitrogens is 1. The number of phenolic OH excluding ortho intramolecular Hbond substituents is 2. The van der Waals surface area contributed by atoms with E-state index >= 15 is 0 Å². The molecule has 8 N–H and O–H groups in total. The van der Waals surface area contributed by atoms with Crippen molar-refractivity contribution in [2.75, 3.05) is 25.1 Å². The van der Waals surface area contributed by atoms with E-state index in [0.29, 0.717) is 29.4 Å². The number of thioether (sulfide) groups is 1. The van der Waals surface area contributed by atoms with Crippen molar-refractivity contribution in [1.82, 2.24) is 20.5 Å². The monoisotopic (exact) mass is 778 g/mol. The van der Waals surface area contributed by atoms with Gasteiger partial charge in [-0.25, -0.2) is 14.6 Å². The number of aliphatic carboxylic acids is 2. The second-order valence-corrected chi connectivity index (χ2v) is 16.2. The lowest BCUT2D eigenvalue weighted by Gasteiger charge is -2.52. The number of likely N-dealkylation sites (N-methyl/N-ethyl adjacent to an activating group) is 1. The number of nitrogen functional groups attached to an aromatic ring is 1. The van der Waals surface area contributed by atoms with Crippen molar-refractivity contribution in [2.45, 2.75) is 74.7 Å². The van der Waals surface area contributed by atoms with Gasteiger partial charge in [0.25, 0.3) is 17.7 Å². The summed E-state index contributed by atoms with van der Waals surface area (Å²) in [5.41, 5.74) is 4.05. The van der Waals surface area contributed by atoms with E-state index in [4.69, 9.17) is 22.2 Å². The fourth-order valence-electron chi connectivity index (χ4n) is 7.34. The maximum Gasteiger partial charge on any atom is 0.352 e. The van der Waals surface area contributed by atoms with Crippen LogP contribution in [0, 0.1) is 0 Å². The van der Waals surface area contributed by atoms with E-state index in [9.17, 15) is 44.4 Å². The number of hydrogen-bond acceptors (Lipinski definition) is 13. The number of thiazole rings is 1. The molecular weight excluding hydrogens is 742 g/mol. The van der Waals surface area contributed by atoms with Gasteiger partial charge in [-0.1, -0.05) is 16.8 Å². The summed E-state index contributed by atoms with van der Waals surface area (Å²) in [5.74, 6) is -5.30. The van der Waals surface area contributed by atoms with Crippen molar-refractivity contribution in [3.63, 3.8) is 0 Å². The van der Waals surface area contributed by atoms with Gasteiger partial charge in [-0.15, -0.1) is 23.1 Å². The molecule has 278 valence electrons. The van der Waals surface area contributed by atoms with Gasteiger partial charge in [0.15, 0.2) is 22.3 Å². The number of rotatable bonds is 11. The SMILES string of the molecule is CC(C)(O/N=C(\C(=O)N[C@@H]1C(=O)N2C(C(=O)O)=C(C[N+]3(C)[C@@H]4CC[C@@H]3CC(NC(=O)c3ccc(O)c(O)c3Cl)C4)CS[C@H]12)c1csc(N)n1)C(=O)O. The number of fused-ring (bicyclic) bond motifs is 3. The van der Waals surface area contributed by atoms with Gasteiger partial charge in [-0.05, 0) is 26.0 Å². The fourth-order valence-corrected chi connectivity index (χ4v) is 9.47. The highest BCUT2D eigenvalue weighted by molar-refractivity contribution is 8.00. The number of hydrogen-bond donors (Lipinski definition) is 7. The second-order valence-electron chi connectivity index (χ2n) is 13.9. The molecule has 0 spiro atoms. The van der Waals surface area contributed by atoms with E-state index in [0.717, 1.165) is 24.2 Å². The molecule has 17 nitrogen and oxygen atoms in total. The number of amides is 3. The highest BCUT2D eigenvalue weighted by Gasteiger charge is 2.57. The Kier molecular flexibility index (Phi) is 9.83. The number of carbonyl (C=O) groups is 5. The van der Waals surface area contributed by atoms with Crippen LogP contribution < -0.4 is 16.4 Å². The molecule has 1 aromatic heterocycles. The lowest BCUT2D eigenvalue weighted by atomic mass is 9.92. The van der Waals surface area contributed by atoms with Crippen LogP contribution in [0.3, 0.4) is 0 Å². The predicted octanol–water partition coefficient (Wildman–Crippen LogP) is 1.68. The Balaban J connectivity index is 1.16. The van der Waals surface area contributed by atoms with Crippen molar-refractivity contribution in [3.8, 4) is 11.5 Å². The predicted molar refractivity (Wildman–Crippen MR) is 189 cm³/mol. The molecule has 6 rings (SSSR count). The maximum absolute atomic E-state index is 13.5. The quantitative estimate of drug-likeness (QED) is 0.0565. The molecule has 2 aromatic rings. The Morgan fingerprint density at radius 1 is 1.15 bits per heavy atom. The zero-order valence-corrected chi connectivity index (χ0v) is 30.5. The minimum absolute atomic E-state index is 0.00731. The van der Waals surface area contributed by atoms with Crippen LogP contribution in [0.4, 0.5) is 5.13 Å². The first-order valence-corrected chi connectivity index (χ1v) is 18.5. The largest absolute Gasteiger partial charge is 0.504 e. The number of oxime groups is 1. The van der Waals surface area contributed by atoms with Crippen LogP contribution >= 0.6 is 34.7 Å². The summed E-state index contributed by atoms with van der Waals surface area (Å²) in [4.78, 5) is 74.7. The smallest absolute Gasteiger partial charge is 0.352 e. The summed E-state index contributed by atoms with van der Waals surface area (Å²) >= 11 is 8.44. The average Bonchev–Trinajstić information content (AvgIpc) is 3.54. The molecule has 4 atom stereocenters. The number of phenols is 2. The van der Waals surface area contributed by atoms with Gasteiger partial charge in [0.2, 0.25) is 5.60 Å². The molecule has 3 amide bonds. The minimum atomic E-state index is -1.79. The molecule has 0 unspecified atom stereocenters. The number of anilines is 1. The number of nitrogens with zero attached hydrogens (tertiary/aromatic N) is 4. The van der Waals surface area contributed by atoms with Crippen LogP contribution in [0.5, 0.6) is 11.5 Å². The zero-order chi connectivity index (χ0) is 37.9.